The molecule has 0 amide bonds. The fourth-order valence-electron chi connectivity index (χ4n) is 4.42. The van der Waals surface area contributed by atoms with Crippen LogP contribution in [0.1, 0.15) is 28.9 Å². The van der Waals surface area contributed by atoms with E-state index >= 15 is 0 Å². The number of aldehydes is 1. The molecule has 1 aliphatic carbocycles. The second kappa shape index (κ2) is 9.08. The van der Waals surface area contributed by atoms with Crippen molar-refractivity contribution in [3.8, 4) is 0 Å². The molecule has 8 heteroatoms. The van der Waals surface area contributed by atoms with Crippen molar-refractivity contribution in [3.63, 3.8) is 0 Å². The molecular formula is C24H28FN5O2. The molecule has 1 saturated heterocycles. The average molecular weight is 438 g/mol. The quantitative estimate of drug-likeness (QED) is 0.615. The van der Waals surface area contributed by atoms with Crippen LogP contribution in [0, 0.1) is 5.82 Å². The minimum Gasteiger partial charge on any atom is -0.388 e. The number of nitrogens with one attached hydrogen (secondary N) is 1. The van der Waals surface area contributed by atoms with Gasteiger partial charge in [0.15, 0.2) is 6.29 Å². The van der Waals surface area contributed by atoms with Crippen LogP contribution in [-0.4, -0.2) is 65.5 Å². The van der Waals surface area contributed by atoms with E-state index in [0.717, 1.165) is 67.6 Å². The Balaban J connectivity index is 0.000000775. The molecule has 1 saturated carbocycles. The van der Waals surface area contributed by atoms with Crippen LogP contribution >= 0.6 is 0 Å². The maximum absolute atomic E-state index is 13.2. The van der Waals surface area contributed by atoms with Gasteiger partial charge in [0.05, 0.1) is 16.6 Å². The number of fused-ring (bicyclic) bond motifs is 1. The Morgan fingerprint density at radius 1 is 1.25 bits per heavy atom. The normalized spacial score (nSPS) is 16.6. The van der Waals surface area contributed by atoms with Crippen molar-refractivity contribution in [2.24, 2.45) is 0 Å². The highest BCUT2D eigenvalue weighted by molar-refractivity contribution is 5.92. The Morgan fingerprint density at radius 2 is 1.97 bits per heavy atom. The molecule has 2 aromatic heterocycles. The molecular weight excluding hydrogens is 409 g/mol. The monoisotopic (exact) mass is 437 g/mol. The Morgan fingerprint density at radius 3 is 2.62 bits per heavy atom. The highest BCUT2D eigenvalue weighted by Crippen LogP contribution is 2.47. The number of piperazine rings is 1. The lowest BCUT2D eigenvalue weighted by atomic mass is 10.0. The van der Waals surface area contributed by atoms with E-state index in [0.29, 0.717) is 11.3 Å². The summed E-state index contributed by atoms with van der Waals surface area (Å²) in [5, 5.41) is 0.879. The lowest BCUT2D eigenvalue weighted by molar-refractivity contribution is 0.111. The lowest BCUT2D eigenvalue weighted by Crippen LogP contribution is -2.54. The van der Waals surface area contributed by atoms with Crippen LogP contribution in [0.5, 0.6) is 0 Å². The van der Waals surface area contributed by atoms with E-state index in [1.807, 2.05) is 18.2 Å². The third-order valence-corrected chi connectivity index (χ3v) is 6.03. The number of anilines is 1. The zero-order chi connectivity index (χ0) is 22.7. The van der Waals surface area contributed by atoms with Gasteiger partial charge in [0.2, 0.25) is 0 Å². The summed E-state index contributed by atoms with van der Waals surface area (Å²) in [6.07, 6.45) is 5.30. The van der Waals surface area contributed by atoms with Gasteiger partial charge in [-0.05, 0) is 36.6 Å². The summed E-state index contributed by atoms with van der Waals surface area (Å²) in [6, 6.07) is 8.46. The fourth-order valence-corrected chi connectivity index (χ4v) is 4.42. The van der Waals surface area contributed by atoms with E-state index in [-0.39, 0.29) is 11.4 Å². The summed E-state index contributed by atoms with van der Waals surface area (Å²) in [6.45, 7) is 6.88. The van der Waals surface area contributed by atoms with Crippen LogP contribution in [-0.2, 0) is 11.2 Å². The van der Waals surface area contributed by atoms with Crippen molar-refractivity contribution in [3.05, 3.63) is 66.0 Å². The Hall–Kier alpha value is -3.26. The first-order chi connectivity index (χ1) is 15.5. The van der Waals surface area contributed by atoms with E-state index in [1.165, 1.54) is 12.1 Å². The van der Waals surface area contributed by atoms with Crippen molar-refractivity contribution >= 4 is 23.1 Å². The van der Waals surface area contributed by atoms with Crippen LogP contribution in [0.4, 0.5) is 10.2 Å². The van der Waals surface area contributed by atoms with Crippen LogP contribution in [0.3, 0.4) is 0 Å². The second-order valence-corrected chi connectivity index (χ2v) is 8.38. The maximum Gasteiger partial charge on any atom is 0.166 e. The molecule has 1 aromatic carbocycles. The molecule has 0 bridgehead atoms. The minimum atomic E-state index is -0.217. The fraction of sp³-hybridized carbons (Fsp3) is 0.375. The van der Waals surface area contributed by atoms with Gasteiger partial charge in [-0.25, -0.2) is 14.4 Å². The molecule has 1 spiro atoms. The smallest absolute Gasteiger partial charge is 0.166 e. The molecule has 3 aromatic rings. The van der Waals surface area contributed by atoms with Crippen LogP contribution in [0.25, 0.3) is 11.0 Å². The molecule has 0 radical (unpaired) electrons. The summed E-state index contributed by atoms with van der Waals surface area (Å²) < 4.78 is 17.4. The number of carbonyl (C=O) groups excluding carboxylic acids is 1. The summed E-state index contributed by atoms with van der Waals surface area (Å²) >= 11 is 0. The van der Waals surface area contributed by atoms with Crippen molar-refractivity contribution in [2.75, 3.05) is 38.8 Å². The molecule has 2 fully saturated rings. The number of halogens is 1. The van der Waals surface area contributed by atoms with E-state index in [2.05, 4.69) is 36.1 Å². The van der Waals surface area contributed by atoms with Gasteiger partial charge in [-0.1, -0.05) is 18.7 Å². The summed E-state index contributed by atoms with van der Waals surface area (Å²) in [4.78, 5) is 27.6. The first-order valence-corrected chi connectivity index (χ1v) is 10.6. The molecule has 0 unspecified atom stereocenters. The van der Waals surface area contributed by atoms with Gasteiger partial charge in [-0.2, -0.15) is 0 Å². The van der Waals surface area contributed by atoms with Crippen molar-refractivity contribution in [1.29, 1.82) is 0 Å². The molecule has 1 N–H and O–H groups in total. The topological polar surface area (TPSA) is 74.4 Å². The lowest BCUT2D eigenvalue weighted by Gasteiger charge is -2.45. The standard InChI is InChI=1S/C22H22FN5O.C2H6O/c1-15(10-16-2-4-17(23)5-3-16)28-9-8-27(13-22(28)6-7-22)21-19-11-18(12-29)26-20(19)24-14-25-21;1-3-2/h2-5,11-12,14H,1,6-10,13H2,(H,24,25,26);1-2H3. The highest BCUT2D eigenvalue weighted by Gasteiger charge is 2.52. The third kappa shape index (κ3) is 4.36. The number of aromatic amines is 1. The number of rotatable bonds is 5. The average Bonchev–Trinajstić information content (AvgIpc) is 3.40. The number of hydrogen-bond donors (Lipinski definition) is 1. The largest absolute Gasteiger partial charge is 0.388 e. The number of carbonyl (C=O) groups is 1. The Bertz CT molecular complexity index is 1110. The van der Waals surface area contributed by atoms with E-state index in [9.17, 15) is 9.18 Å². The molecule has 3 heterocycles. The van der Waals surface area contributed by atoms with Crippen molar-refractivity contribution < 1.29 is 13.9 Å². The van der Waals surface area contributed by atoms with Crippen LogP contribution in [0.2, 0.25) is 0 Å². The van der Waals surface area contributed by atoms with Gasteiger partial charge < -0.3 is 19.5 Å². The van der Waals surface area contributed by atoms with E-state index in [1.54, 1.807) is 20.5 Å². The van der Waals surface area contributed by atoms with Crippen LogP contribution in [0.15, 0.2) is 48.9 Å². The first-order valence-electron chi connectivity index (χ1n) is 10.6. The van der Waals surface area contributed by atoms with E-state index in [4.69, 9.17) is 0 Å². The predicted octanol–water partition coefficient (Wildman–Crippen LogP) is 3.58. The molecule has 7 nitrogen and oxygen atoms in total. The molecule has 168 valence electrons. The molecule has 32 heavy (non-hydrogen) atoms. The zero-order valence-corrected chi connectivity index (χ0v) is 18.5. The molecule has 0 atom stereocenters. The molecule has 2 aliphatic rings. The van der Waals surface area contributed by atoms with Crippen molar-refractivity contribution in [1.82, 2.24) is 19.9 Å². The Kier molecular flexibility index (Phi) is 6.23. The number of benzene rings is 1. The summed E-state index contributed by atoms with van der Waals surface area (Å²) in [7, 11) is 3.25. The van der Waals surface area contributed by atoms with Gasteiger partial charge in [0.1, 0.15) is 23.6 Å². The second-order valence-electron chi connectivity index (χ2n) is 8.38. The summed E-state index contributed by atoms with van der Waals surface area (Å²) in [5.74, 6) is 0.653. The van der Waals surface area contributed by atoms with Crippen molar-refractivity contribution in [2.45, 2.75) is 24.8 Å². The number of allylic oxidation sites excluding steroid dienone is 1. The predicted molar refractivity (Wildman–Crippen MR) is 122 cm³/mol. The minimum absolute atomic E-state index is 0.0798. The first kappa shape index (κ1) is 22.0. The Labute approximate surface area is 186 Å². The number of aromatic nitrogens is 3. The van der Waals surface area contributed by atoms with Gasteiger partial charge >= 0.3 is 0 Å². The summed E-state index contributed by atoms with van der Waals surface area (Å²) in [5.41, 5.74) is 3.42. The number of nitrogens with zero attached hydrogens (tertiary/aromatic N) is 4. The van der Waals surface area contributed by atoms with Gasteiger partial charge in [0.25, 0.3) is 0 Å². The highest BCUT2D eigenvalue weighted by atomic mass is 19.1. The molecule has 1 aliphatic heterocycles. The number of hydrogen-bond acceptors (Lipinski definition) is 6. The number of methoxy groups -OCH3 is 1. The number of H-pyrrole nitrogens is 1. The number of ether oxygens (including phenoxy) is 1. The van der Waals surface area contributed by atoms with Gasteiger partial charge in [-0.3, -0.25) is 4.79 Å². The van der Waals surface area contributed by atoms with Gasteiger partial charge in [-0.15, -0.1) is 0 Å². The van der Waals surface area contributed by atoms with Crippen LogP contribution < -0.4 is 4.90 Å². The zero-order valence-electron chi connectivity index (χ0n) is 18.5. The third-order valence-electron chi connectivity index (χ3n) is 6.03. The van der Waals surface area contributed by atoms with E-state index < -0.39 is 0 Å². The van der Waals surface area contributed by atoms with Gasteiger partial charge in [0, 0.05) is 46.0 Å². The maximum atomic E-state index is 13.2. The SMILES string of the molecule is C=C(Cc1ccc(F)cc1)N1CCN(c2ncnc3[nH]c(C=O)cc23)CC12CC2.COC. The molecule has 5 rings (SSSR count).